The number of amides is 1. The van der Waals surface area contributed by atoms with Crippen LogP contribution in [-0.2, 0) is 28.5 Å². The van der Waals surface area contributed by atoms with Crippen molar-refractivity contribution in [1.29, 1.82) is 0 Å². The van der Waals surface area contributed by atoms with Crippen LogP contribution in [0.2, 0.25) is 0 Å². The van der Waals surface area contributed by atoms with Crippen LogP contribution in [-0.4, -0.2) is 56.6 Å². The summed E-state index contributed by atoms with van der Waals surface area (Å²) in [7, 11) is 1.51. The Bertz CT molecular complexity index is 504. The van der Waals surface area contributed by atoms with Crippen molar-refractivity contribution < 1.29 is 33.3 Å². The fraction of sp³-hybridized carbons (Fsp3) is 0.667. The van der Waals surface area contributed by atoms with E-state index in [1.54, 1.807) is 0 Å². The summed E-state index contributed by atoms with van der Waals surface area (Å²) < 4.78 is 20.7. The molecule has 1 aliphatic carbocycles. The van der Waals surface area contributed by atoms with Gasteiger partial charge in [-0.2, -0.15) is 0 Å². The van der Waals surface area contributed by atoms with Crippen LogP contribution in [0.3, 0.4) is 0 Å². The van der Waals surface area contributed by atoms with E-state index in [0.29, 0.717) is 12.8 Å². The number of methoxy groups -OCH3 is 1. The Morgan fingerprint density at radius 2 is 2.13 bits per heavy atom. The Labute approximate surface area is 134 Å². The second-order valence-electron chi connectivity index (χ2n) is 5.63. The minimum Gasteiger partial charge on any atom is -0.460 e. The van der Waals surface area contributed by atoms with E-state index in [9.17, 15) is 14.4 Å². The van der Waals surface area contributed by atoms with E-state index in [1.165, 1.54) is 14.0 Å². The van der Waals surface area contributed by atoms with Crippen LogP contribution < -0.4 is 5.32 Å². The third-order valence-corrected chi connectivity index (χ3v) is 3.87. The van der Waals surface area contributed by atoms with E-state index in [4.69, 9.17) is 18.9 Å². The Morgan fingerprint density at radius 1 is 1.39 bits per heavy atom. The molecule has 1 N–H and O–H groups in total. The Balaban J connectivity index is 1.76. The molecule has 1 aliphatic heterocycles. The molecule has 8 nitrogen and oxygen atoms in total. The number of rotatable bonds is 6. The molecule has 8 heteroatoms. The van der Waals surface area contributed by atoms with Gasteiger partial charge in [0.25, 0.3) is 0 Å². The number of hydrogen-bond acceptors (Lipinski definition) is 7. The van der Waals surface area contributed by atoms with Gasteiger partial charge >= 0.3 is 18.0 Å². The lowest BCUT2D eigenvalue weighted by atomic mass is 9.86. The monoisotopic (exact) mass is 327 g/mol. The first-order chi connectivity index (χ1) is 10.9. The number of esters is 2. The minimum absolute atomic E-state index is 0.0135. The van der Waals surface area contributed by atoms with E-state index >= 15 is 0 Å². The molecule has 1 saturated heterocycles. The van der Waals surface area contributed by atoms with Crippen LogP contribution in [0.15, 0.2) is 12.2 Å². The third-order valence-electron chi connectivity index (χ3n) is 3.87. The highest BCUT2D eigenvalue weighted by atomic mass is 16.6. The summed E-state index contributed by atoms with van der Waals surface area (Å²) in [5, 5.41) is 2.47. The smallest absolute Gasteiger partial charge is 0.407 e. The summed E-state index contributed by atoms with van der Waals surface area (Å²) in [6.07, 6.45) is -1.16. The highest BCUT2D eigenvalue weighted by Gasteiger charge is 2.50. The van der Waals surface area contributed by atoms with Crippen molar-refractivity contribution in [2.24, 2.45) is 5.92 Å². The molecule has 1 amide bonds. The first kappa shape index (κ1) is 17.3. The predicted molar refractivity (Wildman–Crippen MR) is 77.4 cm³/mol. The number of nitrogens with one attached hydrogen (secondary N) is 1. The van der Waals surface area contributed by atoms with Gasteiger partial charge in [0.05, 0.1) is 18.6 Å². The second kappa shape index (κ2) is 7.45. The lowest BCUT2D eigenvalue weighted by Crippen LogP contribution is -2.47. The summed E-state index contributed by atoms with van der Waals surface area (Å²) in [6.45, 7) is 5.11. The number of hydrogen-bond donors (Lipinski definition) is 1. The Hall–Kier alpha value is -2.09. The van der Waals surface area contributed by atoms with Gasteiger partial charge in [0, 0.05) is 19.1 Å². The van der Waals surface area contributed by atoms with E-state index in [-0.39, 0.29) is 36.7 Å². The molecule has 1 saturated carbocycles. The van der Waals surface area contributed by atoms with Crippen molar-refractivity contribution >= 4 is 18.0 Å². The summed E-state index contributed by atoms with van der Waals surface area (Å²) >= 11 is 0. The average Bonchev–Trinajstić information content (AvgIpc) is 2.82. The van der Waals surface area contributed by atoms with Gasteiger partial charge in [-0.15, -0.1) is 0 Å². The van der Waals surface area contributed by atoms with Crippen molar-refractivity contribution in [3.63, 3.8) is 0 Å². The fourth-order valence-electron chi connectivity index (χ4n) is 2.69. The number of alkyl carbamates (subject to hydrolysis) is 1. The molecule has 128 valence electrons. The fourth-order valence-corrected chi connectivity index (χ4v) is 2.69. The number of fused-ring (bicyclic) bond motifs is 2. The molecule has 0 aromatic rings. The van der Waals surface area contributed by atoms with E-state index < -0.39 is 24.3 Å². The van der Waals surface area contributed by atoms with Gasteiger partial charge in [0.1, 0.15) is 12.7 Å². The van der Waals surface area contributed by atoms with Crippen molar-refractivity contribution in [2.45, 2.75) is 38.1 Å². The SMILES string of the molecule is C=C(C)C(=O)OCCNC(=O)OC1C(OC)CC2CC1OC2=O. The standard InChI is InChI=1S/C15H21NO7/c1-8(2)13(17)21-5-4-16-15(19)23-12-10(20-3)6-9-7-11(12)22-14(9)18/h9-12H,1,4-7H2,2-3H3,(H,16,19). The van der Waals surface area contributed by atoms with Gasteiger partial charge in [-0.1, -0.05) is 6.58 Å². The van der Waals surface area contributed by atoms with Crippen LogP contribution in [0, 0.1) is 5.92 Å². The van der Waals surface area contributed by atoms with Crippen LogP contribution in [0.5, 0.6) is 0 Å². The van der Waals surface area contributed by atoms with Crippen LogP contribution in [0.25, 0.3) is 0 Å². The van der Waals surface area contributed by atoms with Crippen molar-refractivity contribution in [3.05, 3.63) is 12.2 Å². The molecule has 1 heterocycles. The van der Waals surface area contributed by atoms with Crippen molar-refractivity contribution in [2.75, 3.05) is 20.3 Å². The summed E-state index contributed by atoms with van der Waals surface area (Å²) in [6, 6.07) is 0. The Morgan fingerprint density at radius 3 is 2.78 bits per heavy atom. The van der Waals surface area contributed by atoms with Crippen LogP contribution in [0.4, 0.5) is 4.79 Å². The van der Waals surface area contributed by atoms with Gasteiger partial charge < -0.3 is 24.3 Å². The zero-order valence-electron chi connectivity index (χ0n) is 13.2. The normalized spacial score (nSPS) is 28.7. The minimum atomic E-state index is -0.676. The van der Waals surface area contributed by atoms with Crippen molar-refractivity contribution in [1.82, 2.24) is 5.32 Å². The van der Waals surface area contributed by atoms with Crippen LogP contribution >= 0.6 is 0 Å². The van der Waals surface area contributed by atoms with Gasteiger partial charge in [-0.05, 0) is 13.3 Å². The molecule has 2 rings (SSSR count). The predicted octanol–water partition coefficient (Wildman–Crippen LogP) is 0.551. The number of ether oxygens (including phenoxy) is 4. The number of carbonyl (C=O) groups is 3. The molecule has 0 radical (unpaired) electrons. The molecular formula is C15H21NO7. The van der Waals surface area contributed by atoms with Gasteiger partial charge in [0.15, 0.2) is 6.10 Å². The van der Waals surface area contributed by atoms with E-state index in [2.05, 4.69) is 11.9 Å². The maximum Gasteiger partial charge on any atom is 0.407 e. The summed E-state index contributed by atoms with van der Waals surface area (Å²) in [5.74, 6) is -0.972. The largest absolute Gasteiger partial charge is 0.460 e. The van der Waals surface area contributed by atoms with E-state index in [1.807, 2.05) is 0 Å². The lowest BCUT2D eigenvalue weighted by molar-refractivity contribution is -0.147. The van der Waals surface area contributed by atoms with Gasteiger partial charge in [-0.25, -0.2) is 9.59 Å². The Kier molecular flexibility index (Phi) is 5.59. The molecule has 2 aliphatic rings. The van der Waals surface area contributed by atoms with E-state index in [0.717, 1.165) is 0 Å². The van der Waals surface area contributed by atoms with Crippen LogP contribution in [0.1, 0.15) is 19.8 Å². The molecule has 2 fully saturated rings. The van der Waals surface area contributed by atoms with Crippen molar-refractivity contribution in [3.8, 4) is 0 Å². The zero-order valence-corrected chi connectivity index (χ0v) is 13.2. The second-order valence-corrected chi connectivity index (χ2v) is 5.63. The zero-order chi connectivity index (χ0) is 17.0. The molecule has 0 aromatic carbocycles. The van der Waals surface area contributed by atoms with Gasteiger partial charge in [-0.3, -0.25) is 4.79 Å². The molecule has 4 unspecified atom stereocenters. The maximum absolute atomic E-state index is 11.8. The molecule has 23 heavy (non-hydrogen) atoms. The average molecular weight is 327 g/mol. The molecular weight excluding hydrogens is 306 g/mol. The highest BCUT2D eigenvalue weighted by Crippen LogP contribution is 2.37. The number of carbonyl (C=O) groups excluding carboxylic acids is 3. The third kappa shape index (κ3) is 4.22. The first-order valence-electron chi connectivity index (χ1n) is 7.42. The quantitative estimate of drug-likeness (QED) is 0.329. The molecule has 4 atom stereocenters. The molecule has 0 aromatic heterocycles. The summed E-state index contributed by atoms with van der Waals surface area (Å²) in [5.41, 5.74) is 0.287. The topological polar surface area (TPSA) is 100 Å². The lowest BCUT2D eigenvalue weighted by Gasteiger charge is -2.32. The maximum atomic E-state index is 11.8. The molecule has 2 bridgehead atoms. The highest BCUT2D eigenvalue weighted by molar-refractivity contribution is 5.86. The van der Waals surface area contributed by atoms with Gasteiger partial charge in [0.2, 0.25) is 0 Å². The summed E-state index contributed by atoms with van der Waals surface area (Å²) in [4.78, 5) is 34.6. The first-order valence-corrected chi connectivity index (χ1v) is 7.42. The molecule has 0 spiro atoms.